The van der Waals surface area contributed by atoms with Crippen molar-refractivity contribution < 1.29 is 27.0 Å². The Balaban J connectivity index is 1.96. The second kappa shape index (κ2) is 6.97. The van der Waals surface area contributed by atoms with Crippen molar-refractivity contribution >= 4 is 5.65 Å². The van der Waals surface area contributed by atoms with Crippen molar-refractivity contribution in [3.63, 3.8) is 0 Å². The predicted octanol–water partition coefficient (Wildman–Crippen LogP) is 3.75. The Morgan fingerprint density at radius 1 is 1.11 bits per heavy atom. The maximum absolute atomic E-state index is 14.3. The number of hydrogen-bond acceptors (Lipinski definition) is 6. The number of nitrogens with zero attached hydrogens (tertiary/aromatic N) is 5. The van der Waals surface area contributed by atoms with Crippen LogP contribution in [0.2, 0.25) is 0 Å². The van der Waals surface area contributed by atoms with Crippen molar-refractivity contribution in [1.29, 1.82) is 0 Å². The van der Waals surface area contributed by atoms with Crippen LogP contribution in [0.3, 0.4) is 0 Å². The van der Waals surface area contributed by atoms with Gasteiger partial charge in [-0.25, -0.2) is 9.37 Å². The zero-order chi connectivity index (χ0) is 20.7. The van der Waals surface area contributed by atoms with Gasteiger partial charge < -0.3 is 9.47 Å². The van der Waals surface area contributed by atoms with Gasteiger partial charge in [0.25, 0.3) is 5.88 Å². The predicted molar refractivity (Wildman–Crippen MR) is 90.2 cm³/mol. The van der Waals surface area contributed by atoms with Gasteiger partial charge in [-0.3, -0.25) is 9.38 Å². The van der Waals surface area contributed by atoms with Crippen LogP contribution in [-0.2, 0) is 4.74 Å². The molecule has 150 valence electrons. The van der Waals surface area contributed by atoms with E-state index in [0.29, 0.717) is 17.2 Å². The highest BCUT2D eigenvalue weighted by molar-refractivity contribution is 5.59. The van der Waals surface area contributed by atoms with Crippen molar-refractivity contribution in [2.24, 2.45) is 0 Å². The molecule has 0 aliphatic carbocycles. The molecule has 0 aromatic carbocycles. The molecule has 0 amide bonds. The van der Waals surface area contributed by atoms with E-state index in [0.717, 1.165) is 19.9 Å². The summed E-state index contributed by atoms with van der Waals surface area (Å²) in [5.74, 6) is -1.27. The van der Waals surface area contributed by atoms with Gasteiger partial charge in [-0.05, 0) is 26.8 Å². The first-order chi connectivity index (χ1) is 13.0. The second-order valence-electron chi connectivity index (χ2n) is 6.56. The molecule has 3 rings (SSSR count). The molecular formula is C17H17F4N5O2. The molecule has 0 fully saturated rings. The fourth-order valence-corrected chi connectivity index (χ4v) is 2.29. The highest BCUT2D eigenvalue weighted by Crippen LogP contribution is 2.34. The molecule has 7 nitrogen and oxygen atoms in total. The standard InChI is InChI=1S/C17H17F4N5O2/c1-9(27-4)14-25-24-13-7-22-12(8-26(13)14)10-5-11(18)15(23-6-10)28-16(2,3)17(19,20)21/h5-9H,1-4H3. The van der Waals surface area contributed by atoms with Crippen LogP contribution in [0.4, 0.5) is 17.6 Å². The number of fused-ring (bicyclic) bond motifs is 1. The number of methoxy groups -OCH3 is 1. The third-order valence-electron chi connectivity index (χ3n) is 4.17. The number of hydrogen-bond donors (Lipinski definition) is 0. The van der Waals surface area contributed by atoms with Gasteiger partial charge in [0.15, 0.2) is 22.9 Å². The largest absolute Gasteiger partial charge is 0.460 e. The number of rotatable bonds is 5. The minimum Gasteiger partial charge on any atom is -0.460 e. The van der Waals surface area contributed by atoms with Crippen LogP contribution in [0.25, 0.3) is 16.9 Å². The molecular weight excluding hydrogens is 382 g/mol. The smallest absolute Gasteiger partial charge is 0.427 e. The average Bonchev–Trinajstić information content (AvgIpc) is 3.04. The van der Waals surface area contributed by atoms with Crippen LogP contribution in [0.5, 0.6) is 5.88 Å². The van der Waals surface area contributed by atoms with Gasteiger partial charge in [0.2, 0.25) is 0 Å². The van der Waals surface area contributed by atoms with Crippen LogP contribution in [0.1, 0.15) is 32.7 Å². The highest BCUT2D eigenvalue weighted by atomic mass is 19.4. The van der Waals surface area contributed by atoms with Crippen LogP contribution < -0.4 is 4.74 Å². The summed E-state index contributed by atoms with van der Waals surface area (Å²) >= 11 is 0. The normalized spacial score (nSPS) is 13.7. The minimum absolute atomic E-state index is 0.251. The summed E-state index contributed by atoms with van der Waals surface area (Å²) in [7, 11) is 1.52. The van der Waals surface area contributed by atoms with Gasteiger partial charge in [0.05, 0.1) is 11.9 Å². The highest BCUT2D eigenvalue weighted by Gasteiger charge is 2.50. The number of pyridine rings is 1. The van der Waals surface area contributed by atoms with Gasteiger partial charge in [-0.1, -0.05) is 0 Å². The molecule has 11 heteroatoms. The molecule has 0 aliphatic heterocycles. The van der Waals surface area contributed by atoms with Crippen LogP contribution in [-0.4, -0.2) is 43.5 Å². The fourth-order valence-electron chi connectivity index (χ4n) is 2.29. The Kier molecular flexibility index (Phi) is 4.96. The van der Waals surface area contributed by atoms with E-state index in [4.69, 9.17) is 9.47 Å². The first-order valence-electron chi connectivity index (χ1n) is 8.18. The van der Waals surface area contributed by atoms with Crippen molar-refractivity contribution in [1.82, 2.24) is 24.6 Å². The summed E-state index contributed by atoms with van der Waals surface area (Å²) < 4.78 is 64.7. The lowest BCUT2D eigenvalue weighted by atomic mass is 10.1. The first kappa shape index (κ1) is 19.9. The molecule has 0 bridgehead atoms. The second-order valence-corrected chi connectivity index (χ2v) is 6.56. The van der Waals surface area contributed by atoms with E-state index in [2.05, 4.69) is 20.2 Å². The van der Waals surface area contributed by atoms with Gasteiger partial charge in [-0.15, -0.1) is 10.2 Å². The van der Waals surface area contributed by atoms with Crippen LogP contribution in [0, 0.1) is 5.82 Å². The van der Waals surface area contributed by atoms with E-state index >= 15 is 0 Å². The lowest BCUT2D eigenvalue weighted by Gasteiger charge is -2.28. The van der Waals surface area contributed by atoms with Gasteiger partial charge in [0.1, 0.15) is 6.10 Å². The Morgan fingerprint density at radius 2 is 1.82 bits per heavy atom. The summed E-state index contributed by atoms with van der Waals surface area (Å²) in [5, 5.41) is 8.00. The number of aromatic nitrogens is 5. The molecule has 3 aromatic rings. The molecule has 1 atom stereocenters. The Hall–Kier alpha value is -2.82. The molecule has 0 saturated carbocycles. The third kappa shape index (κ3) is 3.61. The monoisotopic (exact) mass is 399 g/mol. The van der Waals surface area contributed by atoms with Crippen molar-refractivity contribution in [3.05, 3.63) is 36.3 Å². The molecule has 0 N–H and O–H groups in total. The van der Waals surface area contributed by atoms with E-state index in [9.17, 15) is 17.6 Å². The van der Waals surface area contributed by atoms with Gasteiger partial charge in [0, 0.05) is 25.1 Å². The first-order valence-corrected chi connectivity index (χ1v) is 8.18. The molecule has 0 radical (unpaired) electrons. The van der Waals surface area contributed by atoms with Gasteiger partial charge >= 0.3 is 6.18 Å². The number of halogens is 4. The number of alkyl halides is 3. The van der Waals surface area contributed by atoms with Crippen molar-refractivity contribution in [2.45, 2.75) is 38.7 Å². The lowest BCUT2D eigenvalue weighted by molar-refractivity contribution is -0.235. The fraction of sp³-hybridized carbons (Fsp3) is 0.412. The van der Waals surface area contributed by atoms with Gasteiger partial charge in [-0.2, -0.15) is 13.2 Å². The van der Waals surface area contributed by atoms with E-state index in [1.165, 1.54) is 19.5 Å². The topological polar surface area (TPSA) is 74.4 Å². The van der Waals surface area contributed by atoms with Crippen molar-refractivity contribution in [3.8, 4) is 17.1 Å². The molecule has 0 saturated heterocycles. The zero-order valence-electron chi connectivity index (χ0n) is 15.5. The van der Waals surface area contributed by atoms with E-state index in [-0.39, 0.29) is 11.7 Å². The Morgan fingerprint density at radius 3 is 2.43 bits per heavy atom. The van der Waals surface area contributed by atoms with E-state index in [1.807, 2.05) is 0 Å². The molecule has 3 aromatic heterocycles. The molecule has 1 unspecified atom stereocenters. The third-order valence-corrected chi connectivity index (χ3v) is 4.17. The summed E-state index contributed by atoms with van der Waals surface area (Å²) in [6.45, 7) is 3.37. The summed E-state index contributed by atoms with van der Waals surface area (Å²) in [6.07, 6.45) is -0.849. The Bertz CT molecular complexity index is 1000. The SMILES string of the molecule is COC(C)c1nnc2cnc(-c3cnc(OC(C)(C)C(F)(F)F)c(F)c3)cn12. The summed E-state index contributed by atoms with van der Waals surface area (Å²) in [5.41, 5.74) is -1.55. The Labute approximate surface area is 157 Å². The number of ether oxygens (including phenoxy) is 2. The molecule has 28 heavy (non-hydrogen) atoms. The zero-order valence-corrected chi connectivity index (χ0v) is 15.5. The minimum atomic E-state index is -4.69. The quantitative estimate of drug-likeness (QED) is 0.609. The molecule has 3 heterocycles. The van der Waals surface area contributed by atoms with Crippen molar-refractivity contribution in [2.75, 3.05) is 7.11 Å². The maximum Gasteiger partial charge on any atom is 0.427 e. The maximum atomic E-state index is 14.3. The molecule has 0 aliphatic rings. The molecule has 0 spiro atoms. The van der Waals surface area contributed by atoms with E-state index < -0.39 is 23.5 Å². The van der Waals surface area contributed by atoms with E-state index in [1.54, 1.807) is 17.5 Å². The lowest BCUT2D eigenvalue weighted by Crippen LogP contribution is -2.45. The summed E-state index contributed by atoms with van der Waals surface area (Å²) in [6, 6.07) is 1.01. The average molecular weight is 399 g/mol. The van der Waals surface area contributed by atoms with Crippen LogP contribution >= 0.6 is 0 Å². The van der Waals surface area contributed by atoms with Crippen LogP contribution in [0.15, 0.2) is 24.7 Å². The summed E-state index contributed by atoms with van der Waals surface area (Å²) in [4.78, 5) is 7.86.